The molecule has 0 rings (SSSR count). The predicted molar refractivity (Wildman–Crippen MR) is 284 cm³/mol. The van der Waals surface area contributed by atoms with Crippen LogP contribution >= 0.6 is 0 Å². The molecule has 66 heavy (non-hydrogen) atoms. The Labute approximate surface area is 407 Å². The Morgan fingerprint density at radius 3 is 0.970 bits per heavy atom. The molecule has 0 radical (unpaired) electrons. The lowest BCUT2D eigenvalue weighted by atomic mass is 10.0. The van der Waals surface area contributed by atoms with Gasteiger partial charge < -0.3 is 14.2 Å². The second-order valence-corrected chi connectivity index (χ2v) is 18.1. The van der Waals surface area contributed by atoms with E-state index in [0.717, 1.165) is 109 Å². The highest BCUT2D eigenvalue weighted by Crippen LogP contribution is 2.15. The number of hydrogen-bond donors (Lipinski definition) is 0. The normalized spacial score (nSPS) is 12.7. The topological polar surface area (TPSA) is 78.9 Å². The Hall–Kier alpha value is -3.41. The first kappa shape index (κ1) is 62.6. The van der Waals surface area contributed by atoms with Gasteiger partial charge in [-0.1, -0.05) is 228 Å². The minimum atomic E-state index is -0.796. The number of rotatable bonds is 49. The fraction of sp³-hybridized carbons (Fsp3) is 0.717. The number of hydrogen-bond acceptors (Lipinski definition) is 6. The first-order valence-electron chi connectivity index (χ1n) is 27.6. The SMILES string of the molecule is CC/C=C\C/C=C\C/C=C\C/C=C\C/C=C\CCCCCC(=O)O[C@H](COC(=O)CCCCCCCCC/C=C\C/C=C\CCCCC)COC(=O)CCCCCCCCCCCCCC. The van der Waals surface area contributed by atoms with Crippen molar-refractivity contribution in [1.82, 2.24) is 0 Å². The van der Waals surface area contributed by atoms with E-state index in [9.17, 15) is 14.4 Å². The van der Waals surface area contributed by atoms with Gasteiger partial charge in [0.05, 0.1) is 0 Å². The Kier molecular flexibility index (Phi) is 51.4. The van der Waals surface area contributed by atoms with E-state index in [0.29, 0.717) is 12.8 Å². The van der Waals surface area contributed by atoms with Crippen molar-refractivity contribution in [2.24, 2.45) is 0 Å². The van der Waals surface area contributed by atoms with Gasteiger partial charge in [0.2, 0.25) is 0 Å². The summed E-state index contributed by atoms with van der Waals surface area (Å²) in [5.74, 6) is -0.928. The van der Waals surface area contributed by atoms with Gasteiger partial charge >= 0.3 is 17.9 Å². The summed E-state index contributed by atoms with van der Waals surface area (Å²) in [6.45, 7) is 6.47. The lowest BCUT2D eigenvalue weighted by Crippen LogP contribution is -2.30. The molecule has 378 valence electrons. The zero-order chi connectivity index (χ0) is 47.9. The van der Waals surface area contributed by atoms with E-state index in [-0.39, 0.29) is 37.5 Å². The highest BCUT2D eigenvalue weighted by Gasteiger charge is 2.19. The molecule has 0 fully saturated rings. The molecule has 0 aliphatic rings. The Morgan fingerprint density at radius 2 is 0.591 bits per heavy atom. The van der Waals surface area contributed by atoms with Crippen LogP contribution in [0.5, 0.6) is 0 Å². The van der Waals surface area contributed by atoms with Gasteiger partial charge in [0.15, 0.2) is 6.10 Å². The van der Waals surface area contributed by atoms with Crippen molar-refractivity contribution in [3.8, 4) is 0 Å². The first-order chi connectivity index (χ1) is 32.5. The van der Waals surface area contributed by atoms with Crippen LogP contribution < -0.4 is 0 Å². The molecule has 0 saturated heterocycles. The van der Waals surface area contributed by atoms with E-state index < -0.39 is 6.10 Å². The third-order valence-corrected chi connectivity index (χ3v) is 11.6. The Morgan fingerprint density at radius 1 is 0.318 bits per heavy atom. The van der Waals surface area contributed by atoms with Crippen molar-refractivity contribution in [3.05, 3.63) is 85.1 Å². The van der Waals surface area contributed by atoms with Gasteiger partial charge in [-0.25, -0.2) is 0 Å². The fourth-order valence-electron chi connectivity index (χ4n) is 7.50. The highest BCUT2D eigenvalue weighted by atomic mass is 16.6. The van der Waals surface area contributed by atoms with Crippen molar-refractivity contribution in [2.75, 3.05) is 13.2 Å². The maximum atomic E-state index is 12.8. The van der Waals surface area contributed by atoms with Gasteiger partial charge in [-0.15, -0.1) is 0 Å². The summed E-state index contributed by atoms with van der Waals surface area (Å²) in [5, 5.41) is 0. The lowest BCUT2D eigenvalue weighted by Gasteiger charge is -2.18. The summed E-state index contributed by atoms with van der Waals surface area (Å²) in [6, 6.07) is 0. The molecule has 0 bridgehead atoms. The molecule has 0 N–H and O–H groups in total. The number of carbonyl (C=O) groups excluding carboxylic acids is 3. The summed E-state index contributed by atoms with van der Waals surface area (Å²) in [5.41, 5.74) is 0. The van der Waals surface area contributed by atoms with Crippen LogP contribution in [0.1, 0.15) is 258 Å². The van der Waals surface area contributed by atoms with Crippen molar-refractivity contribution < 1.29 is 28.6 Å². The van der Waals surface area contributed by atoms with Crippen LogP contribution in [0.2, 0.25) is 0 Å². The van der Waals surface area contributed by atoms with Gasteiger partial charge in [-0.05, 0) is 96.3 Å². The third kappa shape index (κ3) is 51.6. The van der Waals surface area contributed by atoms with E-state index in [1.54, 1.807) is 0 Å². The number of unbranched alkanes of at least 4 members (excludes halogenated alkanes) is 24. The van der Waals surface area contributed by atoms with Crippen LogP contribution in [0.3, 0.4) is 0 Å². The van der Waals surface area contributed by atoms with Crippen LogP contribution in [0.25, 0.3) is 0 Å². The molecule has 6 nitrogen and oxygen atoms in total. The largest absolute Gasteiger partial charge is 0.462 e. The highest BCUT2D eigenvalue weighted by molar-refractivity contribution is 5.71. The number of ether oxygens (including phenoxy) is 3. The monoisotopic (exact) mass is 919 g/mol. The van der Waals surface area contributed by atoms with Crippen LogP contribution in [0.4, 0.5) is 0 Å². The van der Waals surface area contributed by atoms with Gasteiger partial charge in [-0.3, -0.25) is 14.4 Å². The van der Waals surface area contributed by atoms with Gasteiger partial charge in [-0.2, -0.15) is 0 Å². The Balaban J connectivity index is 4.45. The maximum absolute atomic E-state index is 12.8. The Bertz CT molecular complexity index is 1290. The molecule has 0 unspecified atom stereocenters. The summed E-state index contributed by atoms with van der Waals surface area (Å²) < 4.78 is 16.8. The molecule has 0 aliphatic carbocycles. The van der Waals surface area contributed by atoms with Gasteiger partial charge in [0.1, 0.15) is 13.2 Å². The van der Waals surface area contributed by atoms with Crippen molar-refractivity contribution in [1.29, 1.82) is 0 Å². The predicted octanol–water partition coefficient (Wildman–Crippen LogP) is 18.4. The molecule has 0 heterocycles. The zero-order valence-corrected chi connectivity index (χ0v) is 43.2. The number of esters is 3. The van der Waals surface area contributed by atoms with Crippen molar-refractivity contribution >= 4 is 17.9 Å². The molecule has 0 spiro atoms. The van der Waals surface area contributed by atoms with Crippen molar-refractivity contribution in [2.45, 2.75) is 264 Å². The average molecular weight is 919 g/mol. The van der Waals surface area contributed by atoms with Gasteiger partial charge in [0.25, 0.3) is 0 Å². The molecule has 0 aromatic rings. The lowest BCUT2D eigenvalue weighted by molar-refractivity contribution is -0.167. The standard InChI is InChI=1S/C60H102O6/c1-4-7-10-13-16-19-22-25-27-29-30-32-34-36-39-42-45-48-51-54-60(63)66-57(55-64-58(61)52-49-46-43-40-37-24-21-18-15-12-9-6-3)56-65-59(62)53-50-47-44-41-38-35-33-31-28-26-23-20-17-14-11-8-5-2/h7,10,16-17,19-20,25-28,30,32,36,39,57H,4-6,8-9,11-15,18,21-24,29,31,33-35,37-38,40-56H2,1-3H3/b10-7-,19-16-,20-17-,27-25-,28-26-,32-30-,39-36-/t57-/m0/s1. The van der Waals surface area contributed by atoms with Crippen LogP contribution in [0.15, 0.2) is 85.1 Å². The molecule has 0 saturated carbocycles. The van der Waals surface area contributed by atoms with E-state index >= 15 is 0 Å². The molecular formula is C60H102O6. The summed E-state index contributed by atoms with van der Waals surface area (Å²) in [7, 11) is 0. The van der Waals surface area contributed by atoms with Crippen LogP contribution in [-0.2, 0) is 28.6 Å². The van der Waals surface area contributed by atoms with E-state index in [4.69, 9.17) is 14.2 Å². The third-order valence-electron chi connectivity index (χ3n) is 11.6. The number of carbonyl (C=O) groups is 3. The number of allylic oxidation sites excluding steroid dienone is 14. The summed E-state index contributed by atoms with van der Waals surface area (Å²) in [4.78, 5) is 38.1. The van der Waals surface area contributed by atoms with Crippen molar-refractivity contribution in [3.63, 3.8) is 0 Å². The first-order valence-corrected chi connectivity index (χ1v) is 27.6. The second-order valence-electron chi connectivity index (χ2n) is 18.1. The smallest absolute Gasteiger partial charge is 0.306 e. The fourth-order valence-corrected chi connectivity index (χ4v) is 7.50. The van der Waals surface area contributed by atoms with E-state index in [1.807, 2.05) is 0 Å². The van der Waals surface area contributed by atoms with Gasteiger partial charge in [0, 0.05) is 19.3 Å². The minimum absolute atomic E-state index is 0.0911. The summed E-state index contributed by atoms with van der Waals surface area (Å²) in [6.07, 6.45) is 69.9. The van der Waals surface area contributed by atoms with E-state index in [2.05, 4.69) is 106 Å². The van der Waals surface area contributed by atoms with E-state index in [1.165, 1.54) is 109 Å². The van der Waals surface area contributed by atoms with Crippen LogP contribution in [-0.4, -0.2) is 37.2 Å². The quantitative estimate of drug-likeness (QED) is 0.0262. The molecule has 0 aromatic heterocycles. The van der Waals surface area contributed by atoms with Crippen LogP contribution in [0, 0.1) is 0 Å². The molecule has 1 atom stereocenters. The zero-order valence-electron chi connectivity index (χ0n) is 43.2. The second kappa shape index (κ2) is 54.2. The molecule has 0 aromatic carbocycles. The average Bonchev–Trinajstić information content (AvgIpc) is 3.31. The molecular weight excluding hydrogens is 817 g/mol. The summed E-state index contributed by atoms with van der Waals surface area (Å²) >= 11 is 0. The molecule has 6 heteroatoms. The molecule has 0 aliphatic heterocycles. The maximum Gasteiger partial charge on any atom is 0.306 e. The molecule has 0 amide bonds. The minimum Gasteiger partial charge on any atom is -0.462 e.